The van der Waals surface area contributed by atoms with Crippen LogP contribution in [0.15, 0.2) is 23.2 Å². The number of aromatic nitrogens is 1. The maximum Gasteiger partial charge on any atom is 0.244 e. The van der Waals surface area contributed by atoms with Crippen molar-refractivity contribution in [3.63, 3.8) is 0 Å². The highest BCUT2D eigenvalue weighted by molar-refractivity contribution is 7.89. The molecule has 0 saturated carbocycles. The number of sulfonamides is 1. The number of amides is 1. The molecule has 1 amide bonds. The molecule has 1 atom stereocenters. The molecule has 3 heterocycles. The lowest BCUT2D eigenvalue weighted by molar-refractivity contribution is -0.130. The van der Waals surface area contributed by atoms with Crippen molar-refractivity contribution in [2.45, 2.75) is 30.3 Å². The van der Waals surface area contributed by atoms with Crippen LogP contribution in [0.25, 0.3) is 0 Å². The average Bonchev–Trinajstić information content (AvgIpc) is 2.88. The molecule has 1 aromatic rings. The average molecular weight is 310 g/mol. The van der Waals surface area contributed by atoms with Crippen LogP contribution in [0.1, 0.15) is 18.5 Å². The number of rotatable bonds is 3. The third kappa shape index (κ3) is 2.54. The SMILES string of the molecule is NCc1ccc(S(=O)(=O)N2CCN3C(=O)CCC3C2)cn1. The lowest BCUT2D eigenvalue weighted by atomic mass is 10.2. The number of pyridine rings is 1. The van der Waals surface area contributed by atoms with E-state index in [1.54, 1.807) is 11.0 Å². The van der Waals surface area contributed by atoms with Crippen molar-refractivity contribution in [1.82, 2.24) is 14.2 Å². The number of hydrogen-bond donors (Lipinski definition) is 1. The Kier molecular flexibility index (Phi) is 3.68. The molecule has 1 aromatic heterocycles. The van der Waals surface area contributed by atoms with Crippen molar-refractivity contribution < 1.29 is 13.2 Å². The van der Waals surface area contributed by atoms with E-state index in [4.69, 9.17) is 5.73 Å². The van der Waals surface area contributed by atoms with E-state index in [0.29, 0.717) is 31.7 Å². The molecular formula is C13H18N4O3S. The summed E-state index contributed by atoms with van der Waals surface area (Å²) in [5.41, 5.74) is 6.12. The quantitative estimate of drug-likeness (QED) is 0.814. The zero-order chi connectivity index (χ0) is 15.0. The molecule has 2 aliphatic heterocycles. The molecule has 0 aliphatic carbocycles. The number of fused-ring (bicyclic) bond motifs is 1. The van der Waals surface area contributed by atoms with Gasteiger partial charge in [-0.1, -0.05) is 0 Å². The summed E-state index contributed by atoms with van der Waals surface area (Å²) in [5.74, 6) is 0.131. The minimum absolute atomic E-state index is 0.0114. The zero-order valence-electron chi connectivity index (χ0n) is 11.6. The van der Waals surface area contributed by atoms with Crippen molar-refractivity contribution in [3.8, 4) is 0 Å². The largest absolute Gasteiger partial charge is 0.337 e. The van der Waals surface area contributed by atoms with Gasteiger partial charge in [0.1, 0.15) is 4.90 Å². The van der Waals surface area contributed by atoms with Crippen molar-refractivity contribution in [3.05, 3.63) is 24.0 Å². The topological polar surface area (TPSA) is 96.6 Å². The number of carbonyl (C=O) groups excluding carboxylic acids is 1. The molecule has 2 N–H and O–H groups in total. The Morgan fingerprint density at radius 3 is 2.81 bits per heavy atom. The standard InChI is InChI=1S/C13H18N4O3S/c14-7-10-1-3-12(8-15-10)21(19,20)16-5-6-17-11(9-16)2-4-13(17)18/h1,3,8,11H,2,4-7,9,14H2. The van der Waals surface area contributed by atoms with Gasteiger partial charge in [-0.05, 0) is 18.6 Å². The summed E-state index contributed by atoms with van der Waals surface area (Å²) in [6, 6.07) is 3.18. The van der Waals surface area contributed by atoms with Gasteiger partial charge in [-0.3, -0.25) is 9.78 Å². The monoisotopic (exact) mass is 310 g/mol. The van der Waals surface area contributed by atoms with Gasteiger partial charge in [0.2, 0.25) is 15.9 Å². The van der Waals surface area contributed by atoms with Crippen LogP contribution in [0.2, 0.25) is 0 Å². The highest BCUT2D eigenvalue weighted by atomic mass is 32.2. The van der Waals surface area contributed by atoms with Crippen LogP contribution in [0.4, 0.5) is 0 Å². The lowest BCUT2D eigenvalue weighted by Gasteiger charge is -2.36. The molecule has 0 radical (unpaired) electrons. The zero-order valence-corrected chi connectivity index (χ0v) is 12.4. The molecule has 0 bridgehead atoms. The number of piperazine rings is 1. The Bertz CT molecular complexity index is 644. The van der Waals surface area contributed by atoms with Gasteiger partial charge in [0.05, 0.1) is 5.69 Å². The summed E-state index contributed by atoms with van der Waals surface area (Å²) in [7, 11) is -3.55. The molecule has 0 spiro atoms. The Morgan fingerprint density at radius 2 is 2.14 bits per heavy atom. The van der Waals surface area contributed by atoms with Crippen molar-refractivity contribution in [1.29, 1.82) is 0 Å². The van der Waals surface area contributed by atoms with E-state index in [-0.39, 0.29) is 23.4 Å². The van der Waals surface area contributed by atoms with Crippen LogP contribution in [-0.2, 0) is 21.4 Å². The summed E-state index contributed by atoms with van der Waals surface area (Å²) in [6.07, 6.45) is 2.60. The Morgan fingerprint density at radius 1 is 1.33 bits per heavy atom. The minimum atomic E-state index is -3.55. The lowest BCUT2D eigenvalue weighted by Crippen LogP contribution is -2.53. The second-order valence-electron chi connectivity index (χ2n) is 5.33. The third-order valence-corrected chi connectivity index (χ3v) is 5.95. The van der Waals surface area contributed by atoms with Crippen LogP contribution >= 0.6 is 0 Å². The molecule has 2 aliphatic rings. The summed E-state index contributed by atoms with van der Waals surface area (Å²) in [5, 5.41) is 0. The van der Waals surface area contributed by atoms with Crippen molar-refractivity contribution in [2.75, 3.05) is 19.6 Å². The molecular weight excluding hydrogens is 292 g/mol. The highest BCUT2D eigenvalue weighted by Gasteiger charge is 2.39. The van der Waals surface area contributed by atoms with Crippen molar-refractivity contribution >= 4 is 15.9 Å². The van der Waals surface area contributed by atoms with Crippen LogP contribution in [-0.4, -0.2) is 54.2 Å². The summed E-state index contributed by atoms with van der Waals surface area (Å²) >= 11 is 0. The fourth-order valence-corrected chi connectivity index (χ4v) is 4.30. The fraction of sp³-hybridized carbons (Fsp3) is 0.538. The Labute approximate surface area is 123 Å². The molecule has 3 rings (SSSR count). The summed E-state index contributed by atoms with van der Waals surface area (Å²) < 4.78 is 26.7. The van der Waals surface area contributed by atoms with Gasteiger partial charge in [0, 0.05) is 44.8 Å². The second-order valence-corrected chi connectivity index (χ2v) is 7.27. The van der Waals surface area contributed by atoms with Crippen LogP contribution in [0.5, 0.6) is 0 Å². The van der Waals surface area contributed by atoms with E-state index >= 15 is 0 Å². The van der Waals surface area contributed by atoms with Gasteiger partial charge in [-0.15, -0.1) is 0 Å². The Balaban J connectivity index is 1.80. The summed E-state index contributed by atoms with van der Waals surface area (Å²) in [4.78, 5) is 17.7. The predicted octanol–water partition coefficient (Wildman–Crippen LogP) is -0.464. The maximum atomic E-state index is 12.6. The maximum absolute atomic E-state index is 12.6. The summed E-state index contributed by atoms with van der Waals surface area (Å²) in [6.45, 7) is 1.45. The van der Waals surface area contributed by atoms with Gasteiger partial charge in [0.15, 0.2) is 0 Å². The first-order valence-corrected chi connectivity index (χ1v) is 8.41. The van der Waals surface area contributed by atoms with Gasteiger partial charge in [-0.25, -0.2) is 8.42 Å². The van der Waals surface area contributed by atoms with E-state index in [1.807, 2.05) is 0 Å². The second kappa shape index (κ2) is 5.36. The van der Waals surface area contributed by atoms with E-state index in [9.17, 15) is 13.2 Å². The highest BCUT2D eigenvalue weighted by Crippen LogP contribution is 2.26. The number of nitrogens with two attached hydrogens (primary N) is 1. The molecule has 8 heteroatoms. The van der Waals surface area contributed by atoms with Gasteiger partial charge < -0.3 is 10.6 Å². The van der Waals surface area contributed by atoms with Gasteiger partial charge >= 0.3 is 0 Å². The predicted molar refractivity (Wildman–Crippen MR) is 75.6 cm³/mol. The van der Waals surface area contributed by atoms with E-state index in [0.717, 1.165) is 6.42 Å². The van der Waals surface area contributed by atoms with Gasteiger partial charge in [0.25, 0.3) is 0 Å². The molecule has 2 fully saturated rings. The minimum Gasteiger partial charge on any atom is -0.337 e. The molecule has 21 heavy (non-hydrogen) atoms. The third-order valence-electron chi connectivity index (χ3n) is 4.10. The number of hydrogen-bond acceptors (Lipinski definition) is 5. The van der Waals surface area contributed by atoms with Crippen LogP contribution < -0.4 is 5.73 Å². The first-order valence-electron chi connectivity index (χ1n) is 6.97. The van der Waals surface area contributed by atoms with Crippen LogP contribution in [0.3, 0.4) is 0 Å². The van der Waals surface area contributed by atoms with E-state index in [1.165, 1.54) is 16.6 Å². The fourth-order valence-electron chi connectivity index (χ4n) is 2.89. The molecule has 2 saturated heterocycles. The molecule has 1 unspecified atom stereocenters. The molecule has 114 valence electrons. The Hall–Kier alpha value is -1.51. The first-order chi connectivity index (χ1) is 10.0. The van der Waals surface area contributed by atoms with Crippen molar-refractivity contribution in [2.24, 2.45) is 5.73 Å². The van der Waals surface area contributed by atoms with Crippen LogP contribution in [0, 0.1) is 0 Å². The smallest absolute Gasteiger partial charge is 0.244 e. The van der Waals surface area contributed by atoms with E-state index in [2.05, 4.69) is 4.98 Å². The number of nitrogens with zero attached hydrogens (tertiary/aromatic N) is 3. The molecule has 0 aromatic carbocycles. The first kappa shape index (κ1) is 14.4. The van der Waals surface area contributed by atoms with Gasteiger partial charge in [-0.2, -0.15) is 4.31 Å². The normalized spacial score (nSPS) is 23.4. The molecule has 7 nitrogen and oxygen atoms in total. The number of carbonyl (C=O) groups is 1. The van der Waals surface area contributed by atoms with E-state index < -0.39 is 10.0 Å².